The lowest BCUT2D eigenvalue weighted by atomic mass is 10.1. The molecular weight excluding hydrogens is 570 g/mol. The number of piperazine rings is 1. The molecule has 1 aromatic heterocycles. The van der Waals surface area contributed by atoms with Crippen molar-refractivity contribution in [1.82, 2.24) is 25.1 Å². The standard InChI is InChI=1S/C35H41N5O5/c1-39-12-14-40(15-13-39)16-19-43-30-22-31-34(32(23-30)44-28-10-17-42-18-11-28)35(38-25-37-31)45-29-9-5-8-27(20-29)21-33(41)36-24-26-6-3-2-4-7-26/h2-9,20,22-23,25,28H,10-19,21,24H2,1H3,(H,36,41). The van der Waals surface area contributed by atoms with Gasteiger partial charge in [-0.25, -0.2) is 9.97 Å². The molecule has 2 saturated heterocycles. The highest BCUT2D eigenvalue weighted by Crippen LogP contribution is 2.38. The Morgan fingerprint density at radius 1 is 0.933 bits per heavy atom. The summed E-state index contributed by atoms with van der Waals surface area (Å²) in [7, 11) is 2.16. The zero-order chi connectivity index (χ0) is 30.8. The molecule has 6 rings (SSSR count). The summed E-state index contributed by atoms with van der Waals surface area (Å²) in [5.41, 5.74) is 2.57. The number of benzene rings is 3. The maximum atomic E-state index is 12.7. The number of aromatic nitrogens is 2. The van der Waals surface area contributed by atoms with Crippen molar-refractivity contribution in [2.45, 2.75) is 31.9 Å². The summed E-state index contributed by atoms with van der Waals surface area (Å²) in [6.45, 7) is 7.48. The van der Waals surface area contributed by atoms with Crippen LogP contribution < -0.4 is 19.5 Å². The molecule has 1 amide bonds. The summed E-state index contributed by atoms with van der Waals surface area (Å²) in [5, 5.41) is 3.67. The second kappa shape index (κ2) is 15.2. The molecule has 0 spiro atoms. The van der Waals surface area contributed by atoms with Gasteiger partial charge in [-0.3, -0.25) is 9.69 Å². The van der Waals surface area contributed by atoms with Crippen LogP contribution in [0.4, 0.5) is 0 Å². The van der Waals surface area contributed by atoms with E-state index in [1.807, 2.05) is 66.7 Å². The largest absolute Gasteiger partial charge is 0.492 e. The molecular formula is C35H41N5O5. The zero-order valence-corrected chi connectivity index (χ0v) is 25.8. The minimum atomic E-state index is -0.0595. The van der Waals surface area contributed by atoms with Crippen LogP contribution >= 0.6 is 0 Å². The number of fused-ring (bicyclic) bond motifs is 1. The third-order valence-corrected chi connectivity index (χ3v) is 8.18. The number of amides is 1. The third kappa shape index (κ3) is 8.69. The Morgan fingerprint density at radius 2 is 1.73 bits per heavy atom. The molecule has 3 aromatic carbocycles. The van der Waals surface area contributed by atoms with Crippen molar-refractivity contribution in [2.75, 3.05) is 59.6 Å². The number of likely N-dealkylation sites (N-methyl/N-ethyl adjacent to an activating group) is 1. The SMILES string of the molecule is CN1CCN(CCOc2cc(OC3CCOCC3)c3c(Oc4cccc(CC(=O)NCc5ccccc5)c4)ncnc3c2)CC1. The molecule has 3 heterocycles. The predicted molar refractivity (Wildman–Crippen MR) is 172 cm³/mol. The normalized spacial score (nSPS) is 16.4. The maximum absolute atomic E-state index is 12.7. The molecule has 2 aliphatic heterocycles. The number of hydrogen-bond donors (Lipinski definition) is 1. The number of nitrogens with zero attached hydrogens (tertiary/aromatic N) is 4. The summed E-state index contributed by atoms with van der Waals surface area (Å²) in [6, 6.07) is 21.2. The lowest BCUT2D eigenvalue weighted by Gasteiger charge is -2.32. The van der Waals surface area contributed by atoms with Gasteiger partial charge in [0.15, 0.2) is 0 Å². The molecule has 0 bridgehead atoms. The van der Waals surface area contributed by atoms with E-state index in [-0.39, 0.29) is 18.4 Å². The Kier molecular flexibility index (Phi) is 10.4. The number of carbonyl (C=O) groups excluding carboxylic acids is 1. The molecule has 236 valence electrons. The lowest BCUT2D eigenvalue weighted by molar-refractivity contribution is -0.120. The Hall–Kier alpha value is -4.25. The van der Waals surface area contributed by atoms with Crippen molar-refractivity contribution in [3.05, 3.63) is 84.2 Å². The van der Waals surface area contributed by atoms with Gasteiger partial charge in [-0.2, -0.15) is 0 Å². The van der Waals surface area contributed by atoms with Crippen LogP contribution in [0.3, 0.4) is 0 Å². The Bertz CT molecular complexity index is 1560. The minimum absolute atomic E-state index is 0.00771. The second-order valence-corrected chi connectivity index (χ2v) is 11.6. The number of ether oxygens (including phenoxy) is 4. The van der Waals surface area contributed by atoms with Crippen LogP contribution in [0.15, 0.2) is 73.1 Å². The van der Waals surface area contributed by atoms with Gasteiger partial charge in [0.25, 0.3) is 0 Å². The third-order valence-electron chi connectivity index (χ3n) is 8.18. The molecule has 2 aliphatic rings. The molecule has 0 atom stereocenters. The first-order valence-corrected chi connectivity index (χ1v) is 15.7. The first-order valence-electron chi connectivity index (χ1n) is 15.7. The van der Waals surface area contributed by atoms with Crippen molar-refractivity contribution in [1.29, 1.82) is 0 Å². The first kappa shape index (κ1) is 30.8. The van der Waals surface area contributed by atoms with Gasteiger partial charge in [0, 0.05) is 64.2 Å². The summed E-state index contributed by atoms with van der Waals surface area (Å²) < 4.78 is 24.7. The van der Waals surface area contributed by atoms with Crippen molar-refractivity contribution < 1.29 is 23.7 Å². The highest BCUT2D eigenvalue weighted by molar-refractivity contribution is 5.91. The van der Waals surface area contributed by atoms with E-state index in [1.54, 1.807) is 0 Å². The van der Waals surface area contributed by atoms with Gasteiger partial charge in [-0.15, -0.1) is 0 Å². The van der Waals surface area contributed by atoms with Crippen LogP contribution in [0.2, 0.25) is 0 Å². The second-order valence-electron chi connectivity index (χ2n) is 11.6. The maximum Gasteiger partial charge on any atom is 0.233 e. The Labute approximate surface area is 264 Å². The monoisotopic (exact) mass is 611 g/mol. The molecule has 10 heteroatoms. The molecule has 10 nitrogen and oxygen atoms in total. The minimum Gasteiger partial charge on any atom is -0.492 e. The summed E-state index contributed by atoms with van der Waals surface area (Å²) >= 11 is 0. The topological polar surface area (TPSA) is 98.3 Å². The fourth-order valence-electron chi connectivity index (χ4n) is 5.57. The van der Waals surface area contributed by atoms with Crippen LogP contribution in [0.1, 0.15) is 24.0 Å². The lowest BCUT2D eigenvalue weighted by Crippen LogP contribution is -2.45. The van der Waals surface area contributed by atoms with Gasteiger partial charge in [-0.05, 0) is 30.3 Å². The fraction of sp³-hybridized carbons (Fsp3) is 0.400. The molecule has 4 aromatic rings. The summed E-state index contributed by atoms with van der Waals surface area (Å²) in [5.74, 6) is 2.23. The van der Waals surface area contributed by atoms with Crippen molar-refractivity contribution in [2.24, 2.45) is 0 Å². The molecule has 0 unspecified atom stereocenters. The number of hydrogen-bond acceptors (Lipinski definition) is 9. The molecule has 45 heavy (non-hydrogen) atoms. The van der Waals surface area contributed by atoms with E-state index in [9.17, 15) is 4.79 Å². The summed E-state index contributed by atoms with van der Waals surface area (Å²) in [4.78, 5) is 26.5. The van der Waals surface area contributed by atoms with Crippen LogP contribution in [0, 0.1) is 0 Å². The predicted octanol–water partition coefficient (Wildman–Crippen LogP) is 4.47. The highest BCUT2D eigenvalue weighted by atomic mass is 16.5. The van der Waals surface area contributed by atoms with E-state index in [2.05, 4.69) is 32.1 Å². The summed E-state index contributed by atoms with van der Waals surface area (Å²) in [6.07, 6.45) is 3.34. The van der Waals surface area contributed by atoms with E-state index >= 15 is 0 Å². The Balaban J connectivity index is 1.18. The van der Waals surface area contributed by atoms with Crippen molar-refractivity contribution in [3.8, 4) is 23.1 Å². The average Bonchev–Trinajstić information content (AvgIpc) is 3.06. The molecule has 1 N–H and O–H groups in total. The van der Waals surface area contributed by atoms with E-state index < -0.39 is 0 Å². The van der Waals surface area contributed by atoms with Crippen LogP contribution in [0.25, 0.3) is 10.9 Å². The van der Waals surface area contributed by atoms with Gasteiger partial charge in [0.1, 0.15) is 41.7 Å². The number of nitrogens with one attached hydrogen (secondary N) is 1. The van der Waals surface area contributed by atoms with Gasteiger partial charge >= 0.3 is 0 Å². The van der Waals surface area contributed by atoms with Gasteiger partial charge < -0.3 is 29.2 Å². The zero-order valence-electron chi connectivity index (χ0n) is 25.8. The fourth-order valence-corrected chi connectivity index (χ4v) is 5.57. The average molecular weight is 612 g/mol. The van der Waals surface area contributed by atoms with Crippen LogP contribution in [-0.2, 0) is 22.5 Å². The number of rotatable bonds is 12. The molecule has 2 fully saturated rings. The molecule has 0 radical (unpaired) electrons. The van der Waals surface area contributed by atoms with Gasteiger partial charge in [-0.1, -0.05) is 42.5 Å². The highest BCUT2D eigenvalue weighted by Gasteiger charge is 2.21. The van der Waals surface area contributed by atoms with Crippen molar-refractivity contribution in [3.63, 3.8) is 0 Å². The van der Waals surface area contributed by atoms with E-state index in [4.69, 9.17) is 18.9 Å². The van der Waals surface area contributed by atoms with Gasteiger partial charge in [0.2, 0.25) is 11.8 Å². The molecule has 0 aliphatic carbocycles. The quantitative estimate of drug-likeness (QED) is 0.249. The van der Waals surface area contributed by atoms with E-state index in [0.29, 0.717) is 60.4 Å². The van der Waals surface area contributed by atoms with Crippen LogP contribution in [-0.4, -0.2) is 91.4 Å². The smallest absolute Gasteiger partial charge is 0.233 e. The van der Waals surface area contributed by atoms with Crippen LogP contribution in [0.5, 0.6) is 23.1 Å². The number of carbonyl (C=O) groups is 1. The van der Waals surface area contributed by atoms with Gasteiger partial charge in [0.05, 0.1) is 25.2 Å². The molecule has 0 saturated carbocycles. The van der Waals surface area contributed by atoms with E-state index in [1.165, 1.54) is 6.33 Å². The van der Waals surface area contributed by atoms with E-state index in [0.717, 1.165) is 56.7 Å². The first-order chi connectivity index (χ1) is 22.1. The van der Waals surface area contributed by atoms with Crippen molar-refractivity contribution >= 4 is 16.8 Å². The Morgan fingerprint density at radius 3 is 2.56 bits per heavy atom.